The van der Waals surface area contributed by atoms with Gasteiger partial charge in [0.05, 0.1) is 5.69 Å². The molecule has 5 nitrogen and oxygen atoms in total. The maximum absolute atomic E-state index is 6.10. The van der Waals surface area contributed by atoms with Gasteiger partial charge in [-0.3, -0.25) is 0 Å². The smallest absolute Gasteiger partial charge is 0.152 e. The molecule has 0 aromatic carbocycles. The number of rotatable bonds is 3. The zero-order valence-electron chi connectivity index (χ0n) is 12.8. The minimum absolute atomic E-state index is 0.464. The van der Waals surface area contributed by atoms with E-state index in [1.807, 2.05) is 16.9 Å². The number of fused-ring (bicyclic) bond motifs is 1. The van der Waals surface area contributed by atoms with Gasteiger partial charge in [0, 0.05) is 30.4 Å². The van der Waals surface area contributed by atoms with E-state index in [4.69, 9.17) is 10.8 Å². The van der Waals surface area contributed by atoms with Gasteiger partial charge in [-0.15, -0.1) is 0 Å². The minimum Gasteiger partial charge on any atom is -0.366 e. The molecule has 0 radical (unpaired) electrons. The zero-order chi connectivity index (χ0) is 14.7. The standard InChI is InChI=1S/C17H23N5/c18-15-10-17(15)5-3-12(4-6-17)20-16-14-9-13(11-1-2-11)21-22(14)8-7-19-16/h7-9,11-12,15H,1-6,10,18H2,(H,19,20). The predicted molar refractivity (Wildman–Crippen MR) is 85.9 cm³/mol. The van der Waals surface area contributed by atoms with Gasteiger partial charge in [-0.05, 0) is 56.4 Å². The molecule has 1 atom stereocenters. The number of nitrogens with one attached hydrogen (secondary N) is 1. The molecule has 22 heavy (non-hydrogen) atoms. The van der Waals surface area contributed by atoms with Crippen molar-refractivity contribution in [3.63, 3.8) is 0 Å². The van der Waals surface area contributed by atoms with E-state index in [1.165, 1.54) is 50.6 Å². The van der Waals surface area contributed by atoms with E-state index in [0.29, 0.717) is 23.4 Å². The Bertz CT molecular complexity index is 709. The quantitative estimate of drug-likeness (QED) is 0.914. The number of nitrogens with zero attached hydrogens (tertiary/aromatic N) is 3. The van der Waals surface area contributed by atoms with Crippen LogP contribution in [0.15, 0.2) is 18.5 Å². The van der Waals surface area contributed by atoms with Crippen molar-refractivity contribution >= 4 is 11.3 Å². The molecule has 0 saturated heterocycles. The van der Waals surface area contributed by atoms with Crippen molar-refractivity contribution in [1.29, 1.82) is 0 Å². The van der Waals surface area contributed by atoms with E-state index in [9.17, 15) is 0 Å². The van der Waals surface area contributed by atoms with Gasteiger partial charge in [0.25, 0.3) is 0 Å². The van der Waals surface area contributed by atoms with Crippen molar-refractivity contribution < 1.29 is 0 Å². The Hall–Kier alpha value is -1.62. The first-order valence-corrected chi connectivity index (χ1v) is 8.60. The highest BCUT2D eigenvalue weighted by atomic mass is 15.2. The summed E-state index contributed by atoms with van der Waals surface area (Å²) in [5.41, 5.74) is 8.93. The summed E-state index contributed by atoms with van der Waals surface area (Å²) < 4.78 is 1.98. The van der Waals surface area contributed by atoms with E-state index in [2.05, 4.69) is 16.4 Å². The Morgan fingerprint density at radius 2 is 2.00 bits per heavy atom. The second kappa shape index (κ2) is 4.44. The van der Waals surface area contributed by atoms with Crippen LogP contribution in [-0.2, 0) is 0 Å². The van der Waals surface area contributed by atoms with Crippen LogP contribution in [0.4, 0.5) is 5.82 Å². The first-order chi connectivity index (χ1) is 10.7. The highest BCUT2D eigenvalue weighted by Crippen LogP contribution is 2.55. The van der Waals surface area contributed by atoms with E-state index >= 15 is 0 Å². The fourth-order valence-corrected chi connectivity index (χ4v) is 4.12. The summed E-state index contributed by atoms with van der Waals surface area (Å²) in [6.45, 7) is 0. The van der Waals surface area contributed by atoms with Gasteiger partial charge in [0.15, 0.2) is 5.82 Å². The molecule has 1 spiro atoms. The SMILES string of the molecule is NC1CC12CCC(Nc1nccn3nc(C4CC4)cc13)CC2. The Balaban J connectivity index is 1.35. The Morgan fingerprint density at radius 3 is 2.68 bits per heavy atom. The molecule has 2 heterocycles. The van der Waals surface area contributed by atoms with Gasteiger partial charge >= 0.3 is 0 Å². The monoisotopic (exact) mass is 297 g/mol. The topological polar surface area (TPSA) is 68.2 Å². The number of anilines is 1. The highest BCUT2D eigenvalue weighted by molar-refractivity contribution is 5.68. The van der Waals surface area contributed by atoms with E-state index in [0.717, 1.165) is 11.3 Å². The van der Waals surface area contributed by atoms with Crippen LogP contribution in [0.2, 0.25) is 0 Å². The maximum Gasteiger partial charge on any atom is 0.152 e. The lowest BCUT2D eigenvalue weighted by Gasteiger charge is -2.30. The Morgan fingerprint density at radius 1 is 1.23 bits per heavy atom. The summed E-state index contributed by atoms with van der Waals surface area (Å²) >= 11 is 0. The molecule has 1 unspecified atom stereocenters. The predicted octanol–water partition coefficient (Wildman–Crippen LogP) is 2.68. The van der Waals surface area contributed by atoms with Crippen LogP contribution in [-0.4, -0.2) is 26.7 Å². The molecule has 0 amide bonds. The van der Waals surface area contributed by atoms with Crippen molar-refractivity contribution in [3.8, 4) is 0 Å². The maximum atomic E-state index is 6.10. The third kappa shape index (κ3) is 2.02. The molecular weight excluding hydrogens is 274 g/mol. The van der Waals surface area contributed by atoms with Crippen LogP contribution in [0.5, 0.6) is 0 Å². The summed E-state index contributed by atoms with van der Waals surface area (Å²) in [5, 5.41) is 8.36. The molecule has 0 aliphatic heterocycles. The fourth-order valence-electron chi connectivity index (χ4n) is 4.12. The summed E-state index contributed by atoms with van der Waals surface area (Å²) in [6.07, 6.45) is 12.5. The van der Waals surface area contributed by atoms with Crippen molar-refractivity contribution in [2.75, 3.05) is 5.32 Å². The highest BCUT2D eigenvalue weighted by Gasteiger charge is 2.52. The second-order valence-corrected chi connectivity index (χ2v) is 7.54. The van der Waals surface area contributed by atoms with Crippen LogP contribution < -0.4 is 11.1 Å². The van der Waals surface area contributed by atoms with Crippen LogP contribution in [0.3, 0.4) is 0 Å². The summed E-state index contributed by atoms with van der Waals surface area (Å²) in [7, 11) is 0. The number of hydrogen-bond acceptors (Lipinski definition) is 4. The first-order valence-electron chi connectivity index (χ1n) is 8.60. The molecule has 3 fully saturated rings. The first kappa shape index (κ1) is 12.9. The van der Waals surface area contributed by atoms with Gasteiger partial charge in [-0.2, -0.15) is 5.10 Å². The second-order valence-electron chi connectivity index (χ2n) is 7.54. The fraction of sp³-hybridized carbons (Fsp3) is 0.647. The van der Waals surface area contributed by atoms with Gasteiger partial charge in [-0.1, -0.05) is 0 Å². The van der Waals surface area contributed by atoms with Gasteiger partial charge in [0.1, 0.15) is 5.52 Å². The summed E-state index contributed by atoms with van der Waals surface area (Å²) in [5.74, 6) is 1.67. The number of aromatic nitrogens is 3. The Labute approximate surface area is 130 Å². The molecule has 2 aromatic rings. The minimum atomic E-state index is 0.464. The van der Waals surface area contributed by atoms with Gasteiger partial charge < -0.3 is 11.1 Å². The van der Waals surface area contributed by atoms with Crippen molar-refractivity contribution in [1.82, 2.24) is 14.6 Å². The van der Waals surface area contributed by atoms with E-state index in [-0.39, 0.29) is 0 Å². The molecule has 116 valence electrons. The summed E-state index contributed by atoms with van der Waals surface area (Å²) in [4.78, 5) is 4.56. The lowest BCUT2D eigenvalue weighted by Crippen LogP contribution is -2.29. The zero-order valence-corrected chi connectivity index (χ0v) is 12.8. The number of nitrogens with two attached hydrogens (primary N) is 1. The molecule has 0 bridgehead atoms. The van der Waals surface area contributed by atoms with Crippen LogP contribution in [0, 0.1) is 5.41 Å². The van der Waals surface area contributed by atoms with E-state index in [1.54, 1.807) is 0 Å². The van der Waals surface area contributed by atoms with Crippen molar-refractivity contribution in [2.45, 2.75) is 62.9 Å². The molecule has 3 saturated carbocycles. The Kier molecular flexibility index (Phi) is 2.60. The van der Waals surface area contributed by atoms with Crippen LogP contribution in [0.25, 0.3) is 5.52 Å². The summed E-state index contributed by atoms with van der Waals surface area (Å²) in [6, 6.07) is 3.20. The van der Waals surface area contributed by atoms with Crippen LogP contribution in [0.1, 0.15) is 56.6 Å². The normalized spacial score (nSPS) is 34.2. The molecule has 5 rings (SSSR count). The number of hydrogen-bond donors (Lipinski definition) is 2. The third-order valence-electron chi connectivity index (χ3n) is 5.98. The molecule has 3 aliphatic carbocycles. The van der Waals surface area contributed by atoms with Crippen molar-refractivity contribution in [3.05, 3.63) is 24.2 Å². The average molecular weight is 297 g/mol. The van der Waals surface area contributed by atoms with Gasteiger partial charge in [-0.25, -0.2) is 9.50 Å². The van der Waals surface area contributed by atoms with Crippen LogP contribution >= 0.6 is 0 Å². The molecule has 3 N–H and O–H groups in total. The largest absolute Gasteiger partial charge is 0.366 e. The molecule has 5 heteroatoms. The molecule has 2 aromatic heterocycles. The molecular formula is C17H23N5. The van der Waals surface area contributed by atoms with E-state index < -0.39 is 0 Å². The van der Waals surface area contributed by atoms with Gasteiger partial charge in [0.2, 0.25) is 0 Å². The molecule has 3 aliphatic rings. The van der Waals surface area contributed by atoms with Crippen molar-refractivity contribution in [2.24, 2.45) is 11.1 Å². The average Bonchev–Trinajstić information content (AvgIpc) is 3.42. The lowest BCUT2D eigenvalue weighted by atomic mass is 9.83. The third-order valence-corrected chi connectivity index (χ3v) is 5.98. The lowest BCUT2D eigenvalue weighted by molar-refractivity contribution is 0.308.